The molecule has 0 fully saturated rings. The van der Waals surface area contributed by atoms with Crippen molar-refractivity contribution >= 4 is 15.9 Å². The SMILES string of the molecule is CCCNC(Cc1ccc(F)c(Br)c1)C(CCC)CCC. The van der Waals surface area contributed by atoms with E-state index >= 15 is 0 Å². The molecule has 120 valence electrons. The first kappa shape index (κ1) is 18.6. The van der Waals surface area contributed by atoms with E-state index in [1.807, 2.05) is 12.1 Å². The Labute approximate surface area is 137 Å². The zero-order valence-electron chi connectivity index (χ0n) is 13.6. The standard InChI is InChI=1S/C18H29BrFN/c1-4-7-15(8-5-2)18(21-11-6-3)13-14-9-10-17(20)16(19)12-14/h9-10,12,15,18,21H,4-8,11,13H2,1-3H3. The van der Waals surface area contributed by atoms with E-state index in [1.54, 1.807) is 6.07 Å². The second-order valence-electron chi connectivity index (χ2n) is 5.85. The minimum Gasteiger partial charge on any atom is -0.313 e. The van der Waals surface area contributed by atoms with Crippen LogP contribution in [0.15, 0.2) is 22.7 Å². The molecular formula is C18H29BrFN. The molecule has 0 saturated heterocycles. The summed E-state index contributed by atoms with van der Waals surface area (Å²) in [5.41, 5.74) is 1.20. The average Bonchev–Trinajstić information content (AvgIpc) is 2.47. The van der Waals surface area contributed by atoms with Crippen LogP contribution in [0.5, 0.6) is 0 Å². The van der Waals surface area contributed by atoms with Crippen molar-refractivity contribution < 1.29 is 4.39 Å². The summed E-state index contributed by atoms with van der Waals surface area (Å²) in [4.78, 5) is 0. The molecule has 3 heteroatoms. The highest BCUT2D eigenvalue weighted by molar-refractivity contribution is 9.10. The van der Waals surface area contributed by atoms with Crippen molar-refractivity contribution in [1.82, 2.24) is 5.32 Å². The van der Waals surface area contributed by atoms with Gasteiger partial charge in [-0.1, -0.05) is 39.7 Å². The second kappa shape index (κ2) is 10.3. The summed E-state index contributed by atoms with van der Waals surface area (Å²) in [6.07, 6.45) is 7.09. The van der Waals surface area contributed by atoms with Crippen LogP contribution in [0.2, 0.25) is 0 Å². The zero-order valence-corrected chi connectivity index (χ0v) is 15.2. The quantitative estimate of drug-likeness (QED) is 0.564. The van der Waals surface area contributed by atoms with Crippen LogP contribution in [0.25, 0.3) is 0 Å². The maximum absolute atomic E-state index is 13.4. The van der Waals surface area contributed by atoms with E-state index in [-0.39, 0.29) is 5.82 Å². The molecule has 0 radical (unpaired) electrons. The van der Waals surface area contributed by atoms with E-state index in [4.69, 9.17) is 0 Å². The molecule has 1 atom stereocenters. The van der Waals surface area contributed by atoms with Gasteiger partial charge in [0, 0.05) is 6.04 Å². The van der Waals surface area contributed by atoms with Gasteiger partial charge >= 0.3 is 0 Å². The van der Waals surface area contributed by atoms with Gasteiger partial charge in [0.2, 0.25) is 0 Å². The van der Waals surface area contributed by atoms with Gasteiger partial charge in [-0.2, -0.15) is 0 Å². The van der Waals surface area contributed by atoms with Crippen molar-refractivity contribution in [1.29, 1.82) is 0 Å². The lowest BCUT2D eigenvalue weighted by molar-refractivity contribution is 0.308. The Morgan fingerprint density at radius 1 is 1.10 bits per heavy atom. The van der Waals surface area contributed by atoms with Crippen molar-refractivity contribution in [3.05, 3.63) is 34.1 Å². The molecule has 0 bridgehead atoms. The van der Waals surface area contributed by atoms with Crippen LogP contribution in [0.4, 0.5) is 4.39 Å². The van der Waals surface area contributed by atoms with Crippen molar-refractivity contribution in [2.75, 3.05) is 6.54 Å². The lowest BCUT2D eigenvalue weighted by atomic mass is 9.86. The van der Waals surface area contributed by atoms with Crippen LogP contribution in [0, 0.1) is 11.7 Å². The smallest absolute Gasteiger partial charge is 0.137 e. The van der Waals surface area contributed by atoms with Gasteiger partial charge in [0.05, 0.1) is 4.47 Å². The van der Waals surface area contributed by atoms with Gasteiger partial charge in [-0.15, -0.1) is 0 Å². The summed E-state index contributed by atoms with van der Waals surface area (Å²) >= 11 is 3.29. The fraction of sp³-hybridized carbons (Fsp3) is 0.667. The summed E-state index contributed by atoms with van der Waals surface area (Å²) in [5.74, 6) is 0.519. The zero-order chi connectivity index (χ0) is 15.7. The number of rotatable bonds is 10. The Morgan fingerprint density at radius 3 is 2.29 bits per heavy atom. The Kier molecular flexibility index (Phi) is 9.18. The Hall–Kier alpha value is -0.410. The minimum atomic E-state index is -0.185. The summed E-state index contributed by atoms with van der Waals surface area (Å²) in [7, 11) is 0. The van der Waals surface area contributed by atoms with Crippen LogP contribution >= 0.6 is 15.9 Å². The second-order valence-corrected chi connectivity index (χ2v) is 6.70. The molecule has 21 heavy (non-hydrogen) atoms. The van der Waals surface area contributed by atoms with Crippen LogP contribution in [0.3, 0.4) is 0 Å². The number of nitrogens with one attached hydrogen (secondary N) is 1. The molecule has 0 amide bonds. The maximum Gasteiger partial charge on any atom is 0.137 e. The first-order valence-corrected chi connectivity index (χ1v) is 9.08. The molecule has 0 aliphatic heterocycles. The topological polar surface area (TPSA) is 12.0 Å². The third-order valence-electron chi connectivity index (χ3n) is 3.98. The highest BCUT2D eigenvalue weighted by atomic mass is 79.9. The molecule has 1 N–H and O–H groups in total. The molecular weight excluding hydrogens is 329 g/mol. The Balaban J connectivity index is 2.81. The highest BCUT2D eigenvalue weighted by Gasteiger charge is 2.20. The van der Waals surface area contributed by atoms with Gasteiger partial charge in [-0.25, -0.2) is 4.39 Å². The maximum atomic E-state index is 13.4. The molecule has 1 aromatic carbocycles. The Bertz CT molecular complexity index is 402. The number of hydrogen-bond donors (Lipinski definition) is 1. The van der Waals surface area contributed by atoms with Crippen LogP contribution in [-0.2, 0) is 6.42 Å². The van der Waals surface area contributed by atoms with Gasteiger partial charge in [-0.3, -0.25) is 0 Å². The average molecular weight is 358 g/mol. The fourth-order valence-electron chi connectivity index (χ4n) is 2.94. The summed E-state index contributed by atoms with van der Waals surface area (Å²) in [6.45, 7) is 7.77. The Morgan fingerprint density at radius 2 is 1.76 bits per heavy atom. The number of hydrogen-bond acceptors (Lipinski definition) is 1. The van der Waals surface area contributed by atoms with E-state index in [2.05, 4.69) is 42.0 Å². The van der Waals surface area contributed by atoms with Crippen LogP contribution in [-0.4, -0.2) is 12.6 Å². The van der Waals surface area contributed by atoms with E-state index in [9.17, 15) is 4.39 Å². The normalized spacial score (nSPS) is 12.9. The predicted octanol–water partition coefficient (Wildman–Crippen LogP) is 5.72. The molecule has 0 saturated carbocycles. The van der Waals surface area contributed by atoms with Crippen LogP contribution in [0.1, 0.15) is 58.4 Å². The van der Waals surface area contributed by atoms with Crippen molar-refractivity contribution in [2.24, 2.45) is 5.92 Å². The molecule has 0 aliphatic carbocycles. The third-order valence-corrected chi connectivity index (χ3v) is 4.59. The molecule has 0 aromatic heterocycles. The van der Waals surface area contributed by atoms with Crippen LogP contribution < -0.4 is 5.32 Å². The number of benzene rings is 1. The monoisotopic (exact) mass is 357 g/mol. The van der Waals surface area contributed by atoms with E-state index in [0.29, 0.717) is 16.4 Å². The highest BCUT2D eigenvalue weighted by Crippen LogP contribution is 2.23. The number of halogens is 2. The van der Waals surface area contributed by atoms with Crippen molar-refractivity contribution in [2.45, 2.75) is 65.3 Å². The van der Waals surface area contributed by atoms with Crippen molar-refractivity contribution in [3.63, 3.8) is 0 Å². The molecule has 1 rings (SSSR count). The first-order valence-electron chi connectivity index (χ1n) is 8.29. The molecule has 1 aromatic rings. The molecule has 0 aliphatic rings. The summed E-state index contributed by atoms with van der Waals surface area (Å²) in [6, 6.07) is 5.88. The lowest BCUT2D eigenvalue weighted by Gasteiger charge is -2.28. The third kappa shape index (κ3) is 6.48. The molecule has 1 unspecified atom stereocenters. The fourth-order valence-corrected chi connectivity index (χ4v) is 3.37. The van der Waals surface area contributed by atoms with Gasteiger partial charge in [0.1, 0.15) is 5.82 Å². The van der Waals surface area contributed by atoms with E-state index in [1.165, 1.54) is 31.2 Å². The van der Waals surface area contributed by atoms with Gasteiger partial charge < -0.3 is 5.32 Å². The predicted molar refractivity (Wildman–Crippen MR) is 93.2 cm³/mol. The van der Waals surface area contributed by atoms with Gasteiger partial charge in [-0.05, 0) is 71.8 Å². The minimum absolute atomic E-state index is 0.185. The van der Waals surface area contributed by atoms with E-state index < -0.39 is 0 Å². The lowest BCUT2D eigenvalue weighted by Crippen LogP contribution is -2.38. The molecule has 0 spiro atoms. The van der Waals surface area contributed by atoms with Gasteiger partial charge in [0.15, 0.2) is 0 Å². The molecule has 0 heterocycles. The summed E-state index contributed by atoms with van der Waals surface area (Å²) < 4.78 is 13.9. The first-order chi connectivity index (χ1) is 10.1. The van der Waals surface area contributed by atoms with Crippen molar-refractivity contribution in [3.8, 4) is 0 Å². The van der Waals surface area contributed by atoms with E-state index in [0.717, 1.165) is 19.4 Å². The summed E-state index contributed by atoms with van der Waals surface area (Å²) in [5, 5.41) is 3.71. The largest absolute Gasteiger partial charge is 0.313 e. The van der Waals surface area contributed by atoms with Gasteiger partial charge in [0.25, 0.3) is 0 Å². The molecule has 1 nitrogen and oxygen atoms in total.